The summed E-state index contributed by atoms with van der Waals surface area (Å²) in [6.07, 6.45) is 1.98. The van der Waals surface area contributed by atoms with Crippen LogP contribution in [0.15, 0.2) is 11.8 Å². The third-order valence-electron chi connectivity index (χ3n) is 3.61. The lowest BCUT2D eigenvalue weighted by molar-refractivity contribution is -0.263. The molecule has 0 bridgehead atoms. The van der Waals surface area contributed by atoms with E-state index in [9.17, 15) is 9.59 Å². The van der Waals surface area contributed by atoms with E-state index in [2.05, 4.69) is 23.7 Å². The highest BCUT2D eigenvalue weighted by Gasteiger charge is 2.59. The second kappa shape index (κ2) is 7.90. The van der Waals surface area contributed by atoms with Gasteiger partial charge in [-0.05, 0) is 31.6 Å². The summed E-state index contributed by atoms with van der Waals surface area (Å²) in [5, 5.41) is 0. The van der Waals surface area contributed by atoms with E-state index >= 15 is 0 Å². The summed E-state index contributed by atoms with van der Waals surface area (Å²) in [5.41, 5.74) is 0. The highest BCUT2D eigenvalue weighted by molar-refractivity contribution is 5.68. The van der Waals surface area contributed by atoms with E-state index in [1.54, 1.807) is 6.92 Å². The maximum absolute atomic E-state index is 11.5. The Hall–Kier alpha value is -2.44. The molecule has 2 aliphatic rings. The number of ether oxygens (including phenoxy) is 4. The molecule has 2 saturated heterocycles. The lowest BCUT2D eigenvalue weighted by Crippen LogP contribution is -2.50. The standard InChI is InChI=1S/C18H20O6/c1-4-5-6-7-10-15-16(22-13(2)19)17(23-14(3)20)18(24-15)11-8-9-12-21-18/h10,16-17H,8-9,11-12H2,1-3H3/b15-10+/t16-,17+,18-/m1/s1. The Morgan fingerprint density at radius 3 is 2.54 bits per heavy atom. The van der Waals surface area contributed by atoms with Gasteiger partial charge in [0.15, 0.2) is 5.76 Å². The fourth-order valence-electron chi connectivity index (χ4n) is 2.74. The van der Waals surface area contributed by atoms with Gasteiger partial charge in [-0.2, -0.15) is 0 Å². The number of esters is 2. The zero-order chi connectivity index (χ0) is 17.6. The highest BCUT2D eigenvalue weighted by Crippen LogP contribution is 2.43. The van der Waals surface area contributed by atoms with Gasteiger partial charge in [-0.3, -0.25) is 9.59 Å². The van der Waals surface area contributed by atoms with E-state index in [0.717, 1.165) is 12.8 Å². The molecule has 2 heterocycles. The predicted molar refractivity (Wildman–Crippen MR) is 84.0 cm³/mol. The van der Waals surface area contributed by atoms with Crippen LogP contribution in [0.4, 0.5) is 0 Å². The normalized spacial score (nSPS) is 29.7. The van der Waals surface area contributed by atoms with Gasteiger partial charge in [0.05, 0.1) is 6.61 Å². The first-order valence-corrected chi connectivity index (χ1v) is 7.78. The molecule has 0 aromatic rings. The van der Waals surface area contributed by atoms with Gasteiger partial charge < -0.3 is 18.9 Å². The second-order valence-corrected chi connectivity index (χ2v) is 5.47. The average molecular weight is 332 g/mol. The lowest BCUT2D eigenvalue weighted by Gasteiger charge is -2.36. The Labute approximate surface area is 141 Å². The molecule has 0 aromatic carbocycles. The summed E-state index contributed by atoms with van der Waals surface area (Å²) in [6, 6.07) is 0. The van der Waals surface area contributed by atoms with Gasteiger partial charge in [0.2, 0.25) is 12.2 Å². The van der Waals surface area contributed by atoms with Crippen molar-refractivity contribution in [2.24, 2.45) is 0 Å². The molecule has 0 radical (unpaired) electrons. The second-order valence-electron chi connectivity index (χ2n) is 5.47. The largest absolute Gasteiger partial charge is 0.458 e. The molecule has 3 atom stereocenters. The van der Waals surface area contributed by atoms with Crippen LogP contribution in [0.1, 0.15) is 40.0 Å². The first-order valence-electron chi connectivity index (χ1n) is 7.78. The van der Waals surface area contributed by atoms with Crippen molar-refractivity contribution < 1.29 is 28.5 Å². The minimum Gasteiger partial charge on any atom is -0.458 e. The van der Waals surface area contributed by atoms with Gasteiger partial charge in [-0.25, -0.2) is 0 Å². The van der Waals surface area contributed by atoms with Crippen LogP contribution in [-0.2, 0) is 28.5 Å². The first kappa shape index (κ1) is 17.9. The van der Waals surface area contributed by atoms with Crippen LogP contribution in [-0.4, -0.2) is 36.5 Å². The Morgan fingerprint density at radius 2 is 1.96 bits per heavy atom. The van der Waals surface area contributed by atoms with Crippen molar-refractivity contribution in [2.45, 2.75) is 58.0 Å². The Balaban J connectivity index is 2.38. The molecule has 128 valence electrons. The van der Waals surface area contributed by atoms with Gasteiger partial charge >= 0.3 is 11.9 Å². The summed E-state index contributed by atoms with van der Waals surface area (Å²) in [6.45, 7) is 4.73. The van der Waals surface area contributed by atoms with E-state index in [1.807, 2.05) is 0 Å². The van der Waals surface area contributed by atoms with Crippen molar-refractivity contribution in [1.82, 2.24) is 0 Å². The third-order valence-corrected chi connectivity index (χ3v) is 3.61. The zero-order valence-corrected chi connectivity index (χ0v) is 14.0. The van der Waals surface area contributed by atoms with E-state index < -0.39 is 29.9 Å². The molecule has 0 amide bonds. The molecule has 0 saturated carbocycles. The fraction of sp³-hybridized carbons (Fsp3) is 0.556. The minimum atomic E-state index is -1.14. The maximum Gasteiger partial charge on any atom is 0.303 e. The quantitative estimate of drug-likeness (QED) is 0.566. The Bertz CT molecular complexity index is 648. The molecule has 6 heteroatoms. The van der Waals surface area contributed by atoms with Crippen LogP contribution in [0.3, 0.4) is 0 Å². The fourth-order valence-corrected chi connectivity index (χ4v) is 2.74. The van der Waals surface area contributed by atoms with Crippen molar-refractivity contribution in [3.63, 3.8) is 0 Å². The lowest BCUT2D eigenvalue weighted by atomic mass is 9.98. The molecule has 2 rings (SSSR count). The third kappa shape index (κ3) is 4.10. The molecule has 0 aromatic heterocycles. The molecule has 2 fully saturated rings. The predicted octanol–water partition coefficient (Wildman–Crippen LogP) is 1.69. The minimum absolute atomic E-state index is 0.295. The molecule has 6 nitrogen and oxygen atoms in total. The number of hydrogen-bond donors (Lipinski definition) is 0. The van der Waals surface area contributed by atoms with Crippen LogP contribution in [0.5, 0.6) is 0 Å². The first-order chi connectivity index (χ1) is 11.5. The molecular weight excluding hydrogens is 312 g/mol. The molecule has 24 heavy (non-hydrogen) atoms. The van der Waals surface area contributed by atoms with Crippen LogP contribution < -0.4 is 0 Å². The van der Waals surface area contributed by atoms with Crippen molar-refractivity contribution in [2.75, 3.05) is 6.61 Å². The van der Waals surface area contributed by atoms with Gasteiger partial charge in [0, 0.05) is 26.3 Å². The highest BCUT2D eigenvalue weighted by atomic mass is 16.7. The van der Waals surface area contributed by atoms with Crippen LogP contribution in [0.2, 0.25) is 0 Å². The number of rotatable bonds is 2. The number of hydrogen-bond acceptors (Lipinski definition) is 6. The van der Waals surface area contributed by atoms with Crippen LogP contribution in [0, 0.1) is 23.7 Å². The number of carbonyl (C=O) groups is 2. The number of carbonyl (C=O) groups excluding carboxylic acids is 2. The van der Waals surface area contributed by atoms with Crippen molar-refractivity contribution in [3.8, 4) is 23.7 Å². The van der Waals surface area contributed by atoms with E-state index in [1.165, 1.54) is 19.9 Å². The average Bonchev–Trinajstić information content (AvgIpc) is 2.78. The van der Waals surface area contributed by atoms with Crippen molar-refractivity contribution in [3.05, 3.63) is 11.8 Å². The van der Waals surface area contributed by atoms with Gasteiger partial charge in [-0.15, -0.1) is 0 Å². The molecular formula is C18H20O6. The summed E-state index contributed by atoms with van der Waals surface area (Å²) in [7, 11) is 0. The van der Waals surface area contributed by atoms with Crippen molar-refractivity contribution in [1.29, 1.82) is 0 Å². The molecule has 2 aliphatic heterocycles. The van der Waals surface area contributed by atoms with E-state index in [0.29, 0.717) is 18.8 Å². The molecule has 1 spiro atoms. The Kier molecular flexibility index (Phi) is 5.89. The van der Waals surface area contributed by atoms with Gasteiger partial charge in [-0.1, -0.05) is 11.8 Å². The zero-order valence-electron chi connectivity index (χ0n) is 14.0. The maximum atomic E-state index is 11.5. The van der Waals surface area contributed by atoms with Gasteiger partial charge in [0.1, 0.15) is 0 Å². The van der Waals surface area contributed by atoms with E-state index in [4.69, 9.17) is 18.9 Å². The SMILES string of the molecule is CC#CC#C/C=C1/O[C@]2(CCCCO2)[C@@H](OC(C)=O)[C@@H]1OC(C)=O. The Morgan fingerprint density at radius 1 is 1.21 bits per heavy atom. The molecule has 0 unspecified atom stereocenters. The van der Waals surface area contributed by atoms with Crippen molar-refractivity contribution >= 4 is 11.9 Å². The molecule has 0 N–H and O–H groups in total. The summed E-state index contributed by atoms with van der Waals surface area (Å²) in [5.74, 6) is 8.75. The molecule has 0 aliphatic carbocycles. The summed E-state index contributed by atoms with van der Waals surface area (Å²) in [4.78, 5) is 23.0. The summed E-state index contributed by atoms with van der Waals surface area (Å²) >= 11 is 0. The number of allylic oxidation sites excluding steroid dienone is 1. The summed E-state index contributed by atoms with van der Waals surface area (Å²) < 4.78 is 22.5. The van der Waals surface area contributed by atoms with Gasteiger partial charge in [0.25, 0.3) is 5.79 Å². The topological polar surface area (TPSA) is 71.1 Å². The van der Waals surface area contributed by atoms with Crippen LogP contribution >= 0.6 is 0 Å². The smallest absolute Gasteiger partial charge is 0.303 e. The van der Waals surface area contributed by atoms with E-state index in [-0.39, 0.29) is 0 Å². The monoisotopic (exact) mass is 332 g/mol. The van der Waals surface area contributed by atoms with Crippen LogP contribution in [0.25, 0.3) is 0 Å².